The maximum atomic E-state index is 5.65. The number of ether oxygens (including phenoxy) is 1. The summed E-state index contributed by atoms with van der Waals surface area (Å²) in [6.07, 6.45) is 5.43. The van der Waals surface area contributed by atoms with Crippen LogP contribution in [-0.2, 0) is 6.42 Å². The Balaban J connectivity index is 1.88. The van der Waals surface area contributed by atoms with Crippen molar-refractivity contribution in [1.29, 1.82) is 0 Å². The first kappa shape index (κ1) is 13.3. The maximum absolute atomic E-state index is 5.65. The molecule has 2 aromatic rings. The Morgan fingerprint density at radius 1 is 1.11 bits per heavy atom. The number of anilines is 1. The molecule has 0 unspecified atom stereocenters. The summed E-state index contributed by atoms with van der Waals surface area (Å²) in [6.45, 7) is 3.58. The summed E-state index contributed by atoms with van der Waals surface area (Å²) < 4.78 is 5.65. The molecule has 2 heterocycles. The van der Waals surface area contributed by atoms with Gasteiger partial charge in [0.1, 0.15) is 0 Å². The third-order valence-electron chi connectivity index (χ3n) is 2.63. The molecule has 0 saturated heterocycles. The fraction of sp³-hybridized carbons (Fsp3) is 0.333. The van der Waals surface area contributed by atoms with E-state index < -0.39 is 0 Å². The van der Waals surface area contributed by atoms with Gasteiger partial charge in [0.05, 0.1) is 6.61 Å². The average Bonchev–Trinajstić information content (AvgIpc) is 2.47. The Bertz CT molecular complexity index is 488. The standard InChI is InChI=1S/C15H19N3O/c1-2-12-19-14-7-5-10-17-15(14)18-11-8-13-6-3-4-9-16-13/h3-7,9-10H,2,8,11-12H2,1H3,(H,17,18). The van der Waals surface area contributed by atoms with E-state index in [2.05, 4.69) is 22.2 Å². The lowest BCUT2D eigenvalue weighted by atomic mass is 10.3. The molecule has 0 spiro atoms. The number of rotatable bonds is 7. The molecule has 0 aliphatic heterocycles. The van der Waals surface area contributed by atoms with E-state index in [1.54, 1.807) is 6.20 Å². The van der Waals surface area contributed by atoms with E-state index >= 15 is 0 Å². The molecule has 100 valence electrons. The number of hydrogen-bond donors (Lipinski definition) is 1. The third-order valence-corrected chi connectivity index (χ3v) is 2.63. The fourth-order valence-electron chi connectivity index (χ4n) is 1.71. The average molecular weight is 257 g/mol. The Kier molecular flexibility index (Phi) is 5.17. The molecular formula is C15H19N3O. The van der Waals surface area contributed by atoms with E-state index in [4.69, 9.17) is 4.74 Å². The highest BCUT2D eigenvalue weighted by atomic mass is 16.5. The highest BCUT2D eigenvalue weighted by molar-refractivity contribution is 5.49. The molecule has 2 rings (SSSR count). The van der Waals surface area contributed by atoms with Gasteiger partial charge < -0.3 is 10.1 Å². The number of pyridine rings is 2. The molecule has 4 heteroatoms. The van der Waals surface area contributed by atoms with Crippen molar-refractivity contribution in [2.24, 2.45) is 0 Å². The van der Waals surface area contributed by atoms with Crippen LogP contribution >= 0.6 is 0 Å². The Labute approximate surface area is 113 Å². The van der Waals surface area contributed by atoms with E-state index in [0.29, 0.717) is 6.61 Å². The molecule has 19 heavy (non-hydrogen) atoms. The lowest BCUT2D eigenvalue weighted by Gasteiger charge is -2.11. The largest absolute Gasteiger partial charge is 0.490 e. The summed E-state index contributed by atoms with van der Waals surface area (Å²) in [5.74, 6) is 1.61. The molecular weight excluding hydrogens is 238 g/mol. The van der Waals surface area contributed by atoms with Gasteiger partial charge in [-0.05, 0) is 30.7 Å². The van der Waals surface area contributed by atoms with Crippen molar-refractivity contribution in [3.05, 3.63) is 48.4 Å². The van der Waals surface area contributed by atoms with E-state index in [-0.39, 0.29) is 0 Å². The molecule has 0 bridgehead atoms. The summed E-state index contributed by atoms with van der Waals surface area (Å²) in [5, 5.41) is 3.29. The first-order valence-electron chi connectivity index (χ1n) is 6.61. The van der Waals surface area contributed by atoms with Gasteiger partial charge in [-0.2, -0.15) is 0 Å². The van der Waals surface area contributed by atoms with Crippen LogP contribution in [0.2, 0.25) is 0 Å². The van der Waals surface area contributed by atoms with Crippen molar-refractivity contribution in [3.63, 3.8) is 0 Å². The lowest BCUT2D eigenvalue weighted by molar-refractivity contribution is 0.318. The van der Waals surface area contributed by atoms with Gasteiger partial charge in [0, 0.05) is 31.1 Å². The number of aromatic nitrogens is 2. The summed E-state index contributed by atoms with van der Waals surface area (Å²) >= 11 is 0. The predicted octanol–water partition coefficient (Wildman–Crippen LogP) is 2.92. The zero-order valence-electron chi connectivity index (χ0n) is 11.2. The van der Waals surface area contributed by atoms with Crippen LogP contribution < -0.4 is 10.1 Å². The second-order valence-electron chi connectivity index (χ2n) is 4.20. The smallest absolute Gasteiger partial charge is 0.168 e. The molecule has 1 N–H and O–H groups in total. The van der Waals surface area contributed by atoms with E-state index in [9.17, 15) is 0 Å². The second kappa shape index (κ2) is 7.36. The molecule has 0 radical (unpaired) electrons. The summed E-state index contributed by atoms with van der Waals surface area (Å²) in [7, 11) is 0. The zero-order valence-corrected chi connectivity index (χ0v) is 11.2. The van der Waals surface area contributed by atoms with Crippen LogP contribution in [0.5, 0.6) is 5.75 Å². The summed E-state index contributed by atoms with van der Waals surface area (Å²) in [6, 6.07) is 9.76. The van der Waals surface area contributed by atoms with Gasteiger partial charge in [-0.3, -0.25) is 4.98 Å². The van der Waals surface area contributed by atoms with Crippen molar-refractivity contribution >= 4 is 5.82 Å². The van der Waals surface area contributed by atoms with Crippen LogP contribution in [0.25, 0.3) is 0 Å². The zero-order chi connectivity index (χ0) is 13.3. The Hall–Kier alpha value is -2.10. The van der Waals surface area contributed by atoms with Gasteiger partial charge in [-0.1, -0.05) is 13.0 Å². The Morgan fingerprint density at radius 2 is 2.00 bits per heavy atom. The number of nitrogens with one attached hydrogen (secondary N) is 1. The topological polar surface area (TPSA) is 47.0 Å². The highest BCUT2D eigenvalue weighted by Crippen LogP contribution is 2.20. The second-order valence-corrected chi connectivity index (χ2v) is 4.20. The van der Waals surface area contributed by atoms with E-state index in [1.807, 2.05) is 36.5 Å². The van der Waals surface area contributed by atoms with Gasteiger partial charge in [0.15, 0.2) is 11.6 Å². The van der Waals surface area contributed by atoms with Gasteiger partial charge in [0.2, 0.25) is 0 Å². The van der Waals surface area contributed by atoms with Crippen LogP contribution in [0.4, 0.5) is 5.82 Å². The maximum Gasteiger partial charge on any atom is 0.168 e. The van der Waals surface area contributed by atoms with Crippen LogP contribution in [0.15, 0.2) is 42.7 Å². The number of nitrogens with zero attached hydrogens (tertiary/aromatic N) is 2. The SMILES string of the molecule is CCCOc1cccnc1NCCc1ccccn1. The van der Waals surface area contributed by atoms with Crippen molar-refractivity contribution in [3.8, 4) is 5.75 Å². The van der Waals surface area contributed by atoms with E-state index in [0.717, 1.165) is 36.6 Å². The minimum Gasteiger partial charge on any atom is -0.490 e. The first-order valence-corrected chi connectivity index (χ1v) is 6.61. The van der Waals surface area contributed by atoms with Crippen molar-refractivity contribution in [2.45, 2.75) is 19.8 Å². The molecule has 2 aromatic heterocycles. The van der Waals surface area contributed by atoms with Crippen molar-refractivity contribution in [2.75, 3.05) is 18.5 Å². The van der Waals surface area contributed by atoms with Crippen LogP contribution in [0.1, 0.15) is 19.0 Å². The predicted molar refractivity (Wildman–Crippen MR) is 76.5 cm³/mol. The monoisotopic (exact) mass is 257 g/mol. The lowest BCUT2D eigenvalue weighted by Crippen LogP contribution is -2.09. The molecule has 0 aliphatic rings. The third kappa shape index (κ3) is 4.25. The summed E-state index contributed by atoms with van der Waals surface area (Å²) in [4.78, 5) is 8.60. The molecule has 0 fully saturated rings. The number of hydrogen-bond acceptors (Lipinski definition) is 4. The molecule has 0 aromatic carbocycles. The molecule has 0 saturated carbocycles. The van der Waals surface area contributed by atoms with Crippen LogP contribution in [-0.4, -0.2) is 23.1 Å². The van der Waals surface area contributed by atoms with Gasteiger partial charge in [0.25, 0.3) is 0 Å². The quantitative estimate of drug-likeness (QED) is 0.828. The fourth-order valence-corrected chi connectivity index (χ4v) is 1.71. The molecule has 0 atom stereocenters. The molecule has 4 nitrogen and oxygen atoms in total. The van der Waals surface area contributed by atoms with Crippen molar-refractivity contribution < 1.29 is 4.74 Å². The first-order chi connectivity index (χ1) is 9.40. The summed E-state index contributed by atoms with van der Waals surface area (Å²) in [5.41, 5.74) is 1.07. The minimum absolute atomic E-state index is 0.709. The normalized spacial score (nSPS) is 10.2. The molecule has 0 aliphatic carbocycles. The van der Waals surface area contributed by atoms with Gasteiger partial charge >= 0.3 is 0 Å². The highest BCUT2D eigenvalue weighted by Gasteiger charge is 2.03. The van der Waals surface area contributed by atoms with Gasteiger partial charge in [-0.15, -0.1) is 0 Å². The van der Waals surface area contributed by atoms with Gasteiger partial charge in [-0.25, -0.2) is 4.98 Å². The van der Waals surface area contributed by atoms with E-state index in [1.165, 1.54) is 0 Å². The van der Waals surface area contributed by atoms with Crippen LogP contribution in [0.3, 0.4) is 0 Å². The van der Waals surface area contributed by atoms with Crippen LogP contribution in [0, 0.1) is 0 Å². The molecule has 0 amide bonds. The Morgan fingerprint density at radius 3 is 2.79 bits per heavy atom. The van der Waals surface area contributed by atoms with Crippen molar-refractivity contribution in [1.82, 2.24) is 9.97 Å². The minimum atomic E-state index is 0.709.